The summed E-state index contributed by atoms with van der Waals surface area (Å²) >= 11 is 0. The van der Waals surface area contributed by atoms with Gasteiger partial charge in [0.1, 0.15) is 42.6 Å². The minimum atomic E-state index is -1.11. The summed E-state index contributed by atoms with van der Waals surface area (Å²) in [6.45, 7) is 10.2. The number of hydrogen-bond donors (Lipinski definition) is 0. The molecule has 2 atom stereocenters. The summed E-state index contributed by atoms with van der Waals surface area (Å²) in [6.07, 6.45) is 6.50. The van der Waals surface area contributed by atoms with Gasteiger partial charge in [0.05, 0.1) is 19.6 Å². The summed E-state index contributed by atoms with van der Waals surface area (Å²) in [5, 5.41) is 13.1. The molecule has 2 saturated carbocycles. The Balaban J connectivity index is 0.000000123. The van der Waals surface area contributed by atoms with Gasteiger partial charge in [-0.25, -0.2) is 4.39 Å². The lowest BCUT2D eigenvalue weighted by molar-refractivity contribution is 0.0674. The SMILES string of the molecule is CC1(F)CC1CN1CCn2nc(OCc3ccccc3)cc2C1=O.Cc1ccc(N2CCn3nc(OCc4ccncc4)cc3C2=O)cc1.O=C1c2cc(OCc3ccccc3)nn2CCN1CC1CC1. The van der Waals surface area contributed by atoms with E-state index in [2.05, 4.69) is 20.3 Å². The van der Waals surface area contributed by atoms with E-state index in [1.165, 1.54) is 18.4 Å². The molecule has 17 heteroatoms. The van der Waals surface area contributed by atoms with Gasteiger partial charge in [-0.2, -0.15) is 0 Å². The van der Waals surface area contributed by atoms with Crippen LogP contribution in [0.25, 0.3) is 0 Å². The molecule has 0 spiro atoms. The monoisotopic (exact) mass is 960 g/mol. The molecular formula is C54H57FN10O6. The fourth-order valence-electron chi connectivity index (χ4n) is 8.79. The van der Waals surface area contributed by atoms with Gasteiger partial charge < -0.3 is 28.9 Å². The van der Waals surface area contributed by atoms with E-state index in [0.29, 0.717) is 99.6 Å². The van der Waals surface area contributed by atoms with Crippen molar-refractivity contribution < 1.29 is 33.0 Å². The molecule has 2 fully saturated rings. The quantitative estimate of drug-likeness (QED) is 0.105. The second-order valence-electron chi connectivity index (χ2n) is 18.9. The Hall–Kier alpha value is -7.82. The van der Waals surface area contributed by atoms with Crippen LogP contribution in [0.5, 0.6) is 17.6 Å². The summed E-state index contributed by atoms with van der Waals surface area (Å²) in [7, 11) is 0. The highest BCUT2D eigenvalue weighted by Crippen LogP contribution is 2.47. The Morgan fingerprint density at radius 2 is 1.00 bits per heavy atom. The topological polar surface area (TPSA) is 155 Å². The van der Waals surface area contributed by atoms with Crippen molar-refractivity contribution in [2.24, 2.45) is 11.8 Å². The zero-order valence-electron chi connectivity index (χ0n) is 40.0. The normalized spacial score (nSPS) is 18.8. The summed E-state index contributed by atoms with van der Waals surface area (Å²) in [4.78, 5) is 47.3. The van der Waals surface area contributed by atoms with Crippen molar-refractivity contribution in [1.82, 2.24) is 44.1 Å². The van der Waals surface area contributed by atoms with Gasteiger partial charge in [-0.1, -0.05) is 78.4 Å². The molecule has 5 aliphatic rings. The molecule has 2 aliphatic carbocycles. The number of nitrogens with zero attached hydrogens (tertiary/aromatic N) is 10. The maximum absolute atomic E-state index is 13.7. The molecule has 2 unspecified atom stereocenters. The molecule has 7 aromatic rings. The third-order valence-electron chi connectivity index (χ3n) is 13.3. The number of hydrogen-bond acceptors (Lipinski definition) is 10. The fourth-order valence-corrected chi connectivity index (χ4v) is 8.79. The number of benzene rings is 3. The van der Waals surface area contributed by atoms with E-state index in [1.54, 1.807) is 61.4 Å². The highest BCUT2D eigenvalue weighted by molar-refractivity contribution is 6.05. The molecule has 3 aromatic carbocycles. The Bertz CT molecular complexity index is 2950. The van der Waals surface area contributed by atoms with E-state index in [9.17, 15) is 18.8 Å². The van der Waals surface area contributed by atoms with Crippen molar-refractivity contribution in [3.8, 4) is 17.6 Å². The smallest absolute Gasteiger partial charge is 0.276 e. The van der Waals surface area contributed by atoms with Gasteiger partial charge in [0, 0.05) is 74.9 Å². The number of alkyl halides is 1. The second kappa shape index (κ2) is 20.6. The fraction of sp³-hybridized carbons (Fsp3) is 0.352. The van der Waals surface area contributed by atoms with Crippen LogP contribution in [0.1, 0.15) is 79.9 Å². The predicted molar refractivity (Wildman–Crippen MR) is 262 cm³/mol. The average Bonchev–Trinajstić information content (AvgIpc) is 4.07. The average molecular weight is 961 g/mol. The zero-order valence-corrected chi connectivity index (χ0v) is 40.0. The maximum Gasteiger partial charge on any atom is 0.276 e. The summed E-state index contributed by atoms with van der Waals surface area (Å²) < 4.78 is 36.0. The van der Waals surface area contributed by atoms with E-state index in [-0.39, 0.29) is 23.6 Å². The maximum atomic E-state index is 13.7. The van der Waals surface area contributed by atoms with Gasteiger partial charge in [-0.15, -0.1) is 15.3 Å². The van der Waals surface area contributed by atoms with Crippen LogP contribution in [-0.2, 0) is 39.5 Å². The summed E-state index contributed by atoms with van der Waals surface area (Å²) in [5.41, 5.74) is 5.84. The van der Waals surface area contributed by atoms with Gasteiger partial charge >= 0.3 is 0 Å². The minimum Gasteiger partial charge on any atom is -0.472 e. The van der Waals surface area contributed by atoms with E-state index < -0.39 is 5.67 Å². The lowest BCUT2D eigenvalue weighted by Gasteiger charge is -2.27. The zero-order chi connectivity index (χ0) is 48.9. The first-order chi connectivity index (χ1) is 34.5. The number of carbonyl (C=O) groups excluding carboxylic acids is 3. The van der Waals surface area contributed by atoms with Gasteiger partial charge in [-0.3, -0.25) is 33.4 Å². The number of aromatic nitrogens is 7. The molecule has 0 bridgehead atoms. The van der Waals surface area contributed by atoms with Crippen LogP contribution < -0.4 is 19.1 Å². The van der Waals surface area contributed by atoms with Crippen molar-refractivity contribution in [2.45, 2.75) is 78.2 Å². The lowest BCUT2D eigenvalue weighted by Crippen LogP contribution is -2.41. The van der Waals surface area contributed by atoms with E-state index in [4.69, 9.17) is 14.2 Å². The Morgan fingerprint density at radius 1 is 0.563 bits per heavy atom. The van der Waals surface area contributed by atoms with Crippen molar-refractivity contribution in [1.29, 1.82) is 0 Å². The van der Waals surface area contributed by atoms with Gasteiger partial charge in [0.15, 0.2) is 0 Å². The largest absolute Gasteiger partial charge is 0.472 e. The molecule has 3 aliphatic heterocycles. The molecular weight excluding hydrogens is 904 g/mol. The van der Waals surface area contributed by atoms with Crippen LogP contribution in [0.15, 0.2) is 128 Å². The van der Waals surface area contributed by atoms with E-state index in [0.717, 1.165) is 42.0 Å². The number of anilines is 1. The van der Waals surface area contributed by atoms with E-state index >= 15 is 0 Å². The van der Waals surface area contributed by atoms with Gasteiger partial charge in [0.25, 0.3) is 17.7 Å². The van der Waals surface area contributed by atoms with Crippen LogP contribution in [-0.4, -0.2) is 100 Å². The van der Waals surface area contributed by atoms with E-state index in [1.807, 2.05) is 109 Å². The second-order valence-corrected chi connectivity index (χ2v) is 18.9. The van der Waals surface area contributed by atoms with Gasteiger partial charge in [-0.05, 0) is 80.0 Å². The highest BCUT2D eigenvalue weighted by atomic mass is 19.1. The first-order valence-corrected chi connectivity index (χ1v) is 24.3. The van der Waals surface area contributed by atoms with Crippen LogP contribution in [0.4, 0.5) is 10.1 Å². The molecule has 12 rings (SSSR count). The molecule has 0 saturated heterocycles. The number of fused-ring (bicyclic) bond motifs is 3. The number of carbonyl (C=O) groups is 3. The number of aryl methyl sites for hydroxylation is 1. The summed E-state index contributed by atoms with van der Waals surface area (Å²) in [6, 6.07) is 36.7. The van der Waals surface area contributed by atoms with Crippen LogP contribution in [0.2, 0.25) is 0 Å². The van der Waals surface area contributed by atoms with Crippen molar-refractivity contribution in [2.75, 3.05) is 37.6 Å². The predicted octanol–water partition coefficient (Wildman–Crippen LogP) is 7.82. The molecule has 3 amide bonds. The first-order valence-electron chi connectivity index (χ1n) is 24.3. The molecule has 7 heterocycles. The lowest BCUT2D eigenvalue weighted by atomic mass is 10.2. The third kappa shape index (κ3) is 11.5. The molecule has 0 radical (unpaired) electrons. The Kier molecular flexibility index (Phi) is 13.6. The van der Waals surface area contributed by atoms with Crippen molar-refractivity contribution in [3.63, 3.8) is 0 Å². The molecule has 16 nitrogen and oxygen atoms in total. The minimum absolute atomic E-state index is 0.0373. The number of rotatable bonds is 14. The van der Waals surface area contributed by atoms with Gasteiger partial charge in [0.2, 0.25) is 17.6 Å². The molecule has 4 aromatic heterocycles. The van der Waals surface area contributed by atoms with Crippen LogP contribution >= 0.6 is 0 Å². The molecule has 0 N–H and O–H groups in total. The Labute approximate surface area is 411 Å². The number of pyridine rings is 1. The molecule has 71 heavy (non-hydrogen) atoms. The highest BCUT2D eigenvalue weighted by Gasteiger charge is 2.52. The van der Waals surface area contributed by atoms with Crippen molar-refractivity contribution >= 4 is 23.4 Å². The first kappa shape index (κ1) is 46.9. The number of halogens is 1. The van der Waals surface area contributed by atoms with Crippen LogP contribution in [0, 0.1) is 18.8 Å². The number of ether oxygens (including phenoxy) is 3. The Morgan fingerprint density at radius 3 is 1.46 bits per heavy atom. The van der Waals surface area contributed by atoms with Crippen LogP contribution in [0.3, 0.4) is 0 Å². The number of amides is 3. The molecule has 366 valence electrons. The van der Waals surface area contributed by atoms with Crippen molar-refractivity contribution in [3.05, 3.63) is 167 Å². The summed E-state index contributed by atoms with van der Waals surface area (Å²) in [5.74, 6) is 2.06. The standard InChI is InChI=1S/C19H18N4O2.C18H20FN3O2.C17H19N3O2/c1-14-2-4-16(5-3-14)22-10-11-23-17(19(22)24)12-18(21-23)25-13-15-6-8-20-9-7-15;1-18(19)10-14(18)11-21-7-8-22-15(17(21)23)9-16(20-22)24-12-13-5-3-2-4-6-13;21-17-15-10-16(22-12-14-4-2-1-3-5-14)18-20(15)9-8-19(17)11-13-6-7-13/h2-9,12H,10-11,13H2,1H3;2-6,9,14H,7-8,10-12H2,1H3;1-5,10,13H,6-9,11-12H2. The third-order valence-corrected chi connectivity index (χ3v) is 13.3.